The number of nitrogens with two attached hydrogens (primary N) is 2. The normalized spacial score (nSPS) is 21.8. The molecule has 0 amide bonds. The molecular weight excluding hydrogens is 302 g/mol. The molecule has 6 heteroatoms. The maximum Gasteiger partial charge on any atom is 0.354 e. The second-order valence-electron chi connectivity index (χ2n) is 6.71. The Morgan fingerprint density at radius 2 is 2.04 bits per heavy atom. The summed E-state index contributed by atoms with van der Waals surface area (Å²) in [5.74, 6) is 0.236. The van der Waals surface area contributed by atoms with Crippen molar-refractivity contribution in [2.75, 3.05) is 5.73 Å². The molecule has 0 saturated heterocycles. The molecule has 1 fully saturated rings. The summed E-state index contributed by atoms with van der Waals surface area (Å²) in [5.41, 5.74) is 13.1. The number of nitrogen functional groups attached to an aromatic ring is 1. The van der Waals surface area contributed by atoms with Gasteiger partial charge in [0.05, 0.1) is 5.69 Å². The van der Waals surface area contributed by atoms with E-state index in [-0.39, 0.29) is 11.5 Å². The van der Waals surface area contributed by atoms with Gasteiger partial charge in [0.1, 0.15) is 5.82 Å². The highest BCUT2D eigenvalue weighted by molar-refractivity contribution is 5.36. The summed E-state index contributed by atoms with van der Waals surface area (Å²) in [5, 5.41) is 3.66. The molecule has 0 bridgehead atoms. The van der Waals surface area contributed by atoms with Crippen molar-refractivity contribution in [1.29, 1.82) is 0 Å². The second kappa shape index (κ2) is 7.15. The van der Waals surface area contributed by atoms with E-state index in [4.69, 9.17) is 11.5 Å². The lowest BCUT2D eigenvalue weighted by Crippen LogP contribution is -2.37. The Labute approximate surface area is 141 Å². The zero-order valence-corrected chi connectivity index (χ0v) is 14.0. The second-order valence-corrected chi connectivity index (χ2v) is 6.71. The highest BCUT2D eigenvalue weighted by Crippen LogP contribution is 2.18. The molecule has 1 aromatic carbocycles. The van der Waals surface area contributed by atoms with Crippen LogP contribution in [0.4, 0.5) is 5.82 Å². The van der Waals surface area contributed by atoms with Crippen LogP contribution in [0.1, 0.15) is 31.7 Å². The van der Waals surface area contributed by atoms with E-state index in [1.165, 1.54) is 10.1 Å². The third-order valence-corrected chi connectivity index (χ3v) is 4.57. The monoisotopic (exact) mass is 327 g/mol. The van der Waals surface area contributed by atoms with Crippen molar-refractivity contribution < 1.29 is 0 Å². The van der Waals surface area contributed by atoms with Crippen LogP contribution in [0.5, 0.6) is 0 Å². The molecule has 2 aromatic rings. The van der Waals surface area contributed by atoms with E-state index in [0.717, 1.165) is 31.4 Å². The molecule has 24 heavy (non-hydrogen) atoms. The number of hydrogen-bond acceptors (Lipinski definition) is 5. The number of benzene rings is 1. The highest BCUT2D eigenvalue weighted by atomic mass is 16.1. The number of rotatable bonds is 5. The lowest BCUT2D eigenvalue weighted by molar-refractivity contribution is 0.444. The molecule has 1 saturated carbocycles. The summed E-state index contributed by atoms with van der Waals surface area (Å²) in [6, 6.07) is 10.9. The number of hydrogen-bond donors (Lipinski definition) is 3. The smallest absolute Gasteiger partial charge is 0.354 e. The lowest BCUT2D eigenvalue weighted by atomic mass is 10.1. The number of anilines is 1. The Bertz CT molecular complexity index is 740. The van der Waals surface area contributed by atoms with Crippen molar-refractivity contribution in [3.05, 3.63) is 52.6 Å². The molecule has 0 aliphatic heterocycles. The third-order valence-electron chi connectivity index (χ3n) is 4.57. The quantitative estimate of drug-likeness (QED) is 0.767. The molecule has 3 rings (SSSR count). The summed E-state index contributed by atoms with van der Waals surface area (Å²) < 4.78 is 1.49. The van der Waals surface area contributed by atoms with E-state index in [2.05, 4.69) is 29.4 Å². The van der Waals surface area contributed by atoms with Crippen LogP contribution in [0.15, 0.2) is 41.3 Å². The molecule has 1 aromatic heterocycles. The van der Waals surface area contributed by atoms with Crippen molar-refractivity contribution in [1.82, 2.24) is 14.9 Å². The van der Waals surface area contributed by atoms with Crippen molar-refractivity contribution in [3.8, 4) is 5.69 Å². The summed E-state index contributed by atoms with van der Waals surface area (Å²) in [4.78, 5) is 15.6. The third kappa shape index (κ3) is 4.01. The van der Waals surface area contributed by atoms with Gasteiger partial charge >= 0.3 is 5.69 Å². The van der Waals surface area contributed by atoms with Gasteiger partial charge in [-0.15, -0.1) is 0 Å². The fourth-order valence-corrected chi connectivity index (χ4v) is 3.39. The molecule has 0 radical (unpaired) electrons. The lowest BCUT2D eigenvalue weighted by Gasteiger charge is -2.19. The Hall–Kier alpha value is -2.18. The van der Waals surface area contributed by atoms with Crippen LogP contribution in [-0.2, 0) is 6.42 Å². The molecule has 1 aliphatic rings. The Balaban J connectivity index is 1.63. The predicted octanol–water partition coefficient (Wildman–Crippen LogP) is 1.22. The Kier molecular flexibility index (Phi) is 4.97. The molecule has 1 aliphatic carbocycles. The van der Waals surface area contributed by atoms with E-state index in [9.17, 15) is 4.79 Å². The minimum atomic E-state index is -0.365. The van der Waals surface area contributed by atoms with Crippen LogP contribution in [0.3, 0.4) is 0 Å². The summed E-state index contributed by atoms with van der Waals surface area (Å²) >= 11 is 0. The van der Waals surface area contributed by atoms with Gasteiger partial charge in [0, 0.05) is 24.3 Å². The van der Waals surface area contributed by atoms with E-state index < -0.39 is 0 Å². The van der Waals surface area contributed by atoms with Gasteiger partial charge in [0.25, 0.3) is 0 Å². The highest BCUT2D eigenvalue weighted by Gasteiger charge is 2.22. The van der Waals surface area contributed by atoms with Gasteiger partial charge in [0.15, 0.2) is 0 Å². The molecule has 0 spiro atoms. The Morgan fingerprint density at radius 1 is 1.29 bits per heavy atom. The van der Waals surface area contributed by atoms with Crippen LogP contribution >= 0.6 is 0 Å². The van der Waals surface area contributed by atoms with Crippen molar-refractivity contribution in [2.24, 2.45) is 5.73 Å². The van der Waals surface area contributed by atoms with E-state index in [1.807, 2.05) is 12.1 Å². The molecule has 1 heterocycles. The summed E-state index contributed by atoms with van der Waals surface area (Å²) in [7, 11) is 0. The average Bonchev–Trinajstić information content (AvgIpc) is 2.93. The Morgan fingerprint density at radius 3 is 2.67 bits per heavy atom. The minimum Gasteiger partial charge on any atom is -0.383 e. The standard InChI is InChI=1S/C18H25N5O/c1-12(21-15-5-4-14(19)11-15)10-13-2-6-16(7-3-13)23-9-8-17(20)22-18(23)24/h2-3,6-9,12,14-15,21H,4-5,10-11,19H2,1H3,(H2,20,22,24)/t12?,14-,15-/m1/s1. The van der Waals surface area contributed by atoms with Gasteiger partial charge in [-0.3, -0.25) is 4.57 Å². The largest absolute Gasteiger partial charge is 0.383 e. The molecule has 3 atom stereocenters. The van der Waals surface area contributed by atoms with Crippen LogP contribution in [0.25, 0.3) is 5.69 Å². The SMILES string of the molecule is CC(Cc1ccc(-n2ccc(N)nc2=O)cc1)N[C@@H]1CC[C@@H](N)C1. The van der Waals surface area contributed by atoms with Gasteiger partial charge in [-0.1, -0.05) is 12.1 Å². The molecule has 1 unspecified atom stereocenters. The summed E-state index contributed by atoms with van der Waals surface area (Å²) in [6.07, 6.45) is 5.94. The zero-order valence-electron chi connectivity index (χ0n) is 14.0. The first-order chi connectivity index (χ1) is 11.5. The van der Waals surface area contributed by atoms with Crippen LogP contribution < -0.4 is 22.5 Å². The van der Waals surface area contributed by atoms with E-state index >= 15 is 0 Å². The van der Waals surface area contributed by atoms with Crippen LogP contribution in [0, 0.1) is 0 Å². The van der Waals surface area contributed by atoms with Crippen molar-refractivity contribution in [3.63, 3.8) is 0 Å². The first kappa shape index (κ1) is 16.7. The molecular formula is C18H25N5O. The fraction of sp³-hybridized carbons (Fsp3) is 0.444. The van der Waals surface area contributed by atoms with Crippen LogP contribution in [-0.4, -0.2) is 27.7 Å². The fourth-order valence-electron chi connectivity index (χ4n) is 3.39. The maximum absolute atomic E-state index is 11.9. The number of nitrogens with zero attached hydrogens (tertiary/aromatic N) is 2. The average molecular weight is 327 g/mol. The summed E-state index contributed by atoms with van der Waals surface area (Å²) in [6.45, 7) is 2.20. The van der Waals surface area contributed by atoms with Gasteiger partial charge in [-0.05, 0) is 56.4 Å². The minimum absolute atomic E-state index is 0.236. The van der Waals surface area contributed by atoms with Gasteiger partial charge in [0.2, 0.25) is 0 Å². The molecule has 5 N–H and O–H groups in total. The van der Waals surface area contributed by atoms with Crippen molar-refractivity contribution in [2.45, 2.75) is 50.7 Å². The molecule has 6 nitrogen and oxygen atoms in total. The van der Waals surface area contributed by atoms with E-state index in [1.54, 1.807) is 12.3 Å². The maximum atomic E-state index is 11.9. The van der Waals surface area contributed by atoms with Crippen molar-refractivity contribution >= 4 is 5.82 Å². The van der Waals surface area contributed by atoms with Gasteiger partial charge in [-0.2, -0.15) is 4.98 Å². The topological polar surface area (TPSA) is 99.0 Å². The first-order valence-electron chi connectivity index (χ1n) is 8.47. The van der Waals surface area contributed by atoms with E-state index in [0.29, 0.717) is 18.1 Å². The first-order valence-corrected chi connectivity index (χ1v) is 8.47. The predicted molar refractivity (Wildman–Crippen MR) is 96.2 cm³/mol. The van der Waals surface area contributed by atoms with Crippen LogP contribution in [0.2, 0.25) is 0 Å². The zero-order chi connectivity index (χ0) is 17.1. The van der Waals surface area contributed by atoms with Gasteiger partial charge in [-0.25, -0.2) is 4.79 Å². The van der Waals surface area contributed by atoms with Gasteiger partial charge < -0.3 is 16.8 Å². The molecule has 128 valence electrons. The number of aromatic nitrogens is 2. The number of nitrogens with one attached hydrogen (secondary N) is 1.